The standard InChI is InChI=1S/C25H28F2N8O6/c1-3-40-24(38)32-10-16-13-35(25(39)41-16)15-8-17(26)21(18(27)9-15)30-5-4-29-20(36)12-31-23(37)22-14(2)33-19-11-28-6-7-34(19)22/h6-9,11,16,30H,3-5,10,12-13H2,1-2H3,(H,29,36)(H,31,37)(H,32,38)/t16-/m0/s1. The number of halogens is 2. The van der Waals surface area contributed by atoms with E-state index >= 15 is 0 Å². The van der Waals surface area contributed by atoms with Gasteiger partial charge in [0.05, 0.1) is 43.8 Å². The Morgan fingerprint density at radius 2 is 1.90 bits per heavy atom. The molecule has 0 bridgehead atoms. The molecule has 41 heavy (non-hydrogen) atoms. The van der Waals surface area contributed by atoms with Gasteiger partial charge in [-0.3, -0.25) is 23.9 Å². The summed E-state index contributed by atoms with van der Waals surface area (Å²) in [4.78, 5) is 57.6. The van der Waals surface area contributed by atoms with Crippen LogP contribution in [0.2, 0.25) is 0 Å². The maximum Gasteiger partial charge on any atom is 0.414 e. The van der Waals surface area contributed by atoms with Crippen LogP contribution in [0, 0.1) is 18.6 Å². The van der Waals surface area contributed by atoms with Crippen LogP contribution in [0.3, 0.4) is 0 Å². The van der Waals surface area contributed by atoms with Crippen LogP contribution in [0.5, 0.6) is 0 Å². The molecule has 218 valence electrons. The first-order valence-corrected chi connectivity index (χ1v) is 12.6. The number of benzene rings is 1. The summed E-state index contributed by atoms with van der Waals surface area (Å²) in [5.74, 6) is -2.93. The number of anilines is 2. The Morgan fingerprint density at radius 1 is 1.15 bits per heavy atom. The number of nitrogens with one attached hydrogen (secondary N) is 4. The summed E-state index contributed by atoms with van der Waals surface area (Å²) in [6.07, 6.45) is 2.38. The molecule has 16 heteroatoms. The highest BCUT2D eigenvalue weighted by molar-refractivity contribution is 5.96. The molecular weight excluding hydrogens is 546 g/mol. The van der Waals surface area contributed by atoms with Crippen LogP contribution in [0.25, 0.3) is 5.65 Å². The lowest BCUT2D eigenvalue weighted by Gasteiger charge is -2.16. The Morgan fingerprint density at radius 3 is 2.63 bits per heavy atom. The van der Waals surface area contributed by atoms with Gasteiger partial charge < -0.3 is 30.7 Å². The second kappa shape index (κ2) is 12.9. The number of aryl methyl sites for hydroxylation is 1. The fourth-order valence-electron chi connectivity index (χ4n) is 4.10. The molecule has 2 aromatic heterocycles. The molecule has 0 saturated carbocycles. The van der Waals surface area contributed by atoms with Gasteiger partial charge in [0.1, 0.15) is 17.5 Å². The number of fused-ring (bicyclic) bond motifs is 1. The molecule has 0 radical (unpaired) electrons. The summed E-state index contributed by atoms with van der Waals surface area (Å²) >= 11 is 0. The molecule has 1 atom stereocenters. The zero-order chi connectivity index (χ0) is 29.5. The van der Waals surface area contributed by atoms with E-state index in [2.05, 4.69) is 31.2 Å². The smallest absolute Gasteiger partial charge is 0.414 e. The second-order valence-corrected chi connectivity index (χ2v) is 8.81. The van der Waals surface area contributed by atoms with Crippen LogP contribution in [0.15, 0.2) is 30.7 Å². The number of hydrogen-bond donors (Lipinski definition) is 4. The molecule has 0 unspecified atom stereocenters. The molecule has 1 aromatic carbocycles. The number of nitrogens with zero attached hydrogens (tertiary/aromatic N) is 4. The highest BCUT2D eigenvalue weighted by Crippen LogP contribution is 2.28. The number of carbonyl (C=O) groups excluding carboxylic acids is 4. The largest absolute Gasteiger partial charge is 0.450 e. The van der Waals surface area contributed by atoms with Crippen molar-refractivity contribution in [1.82, 2.24) is 30.3 Å². The van der Waals surface area contributed by atoms with Gasteiger partial charge in [-0.25, -0.2) is 23.4 Å². The fraction of sp³-hybridized carbons (Fsp3) is 0.360. The van der Waals surface area contributed by atoms with Crippen LogP contribution in [0.4, 0.5) is 29.7 Å². The van der Waals surface area contributed by atoms with Gasteiger partial charge in [0.2, 0.25) is 5.91 Å². The van der Waals surface area contributed by atoms with Gasteiger partial charge in [-0.2, -0.15) is 0 Å². The number of alkyl carbamates (subject to hydrolysis) is 1. The first-order valence-electron chi connectivity index (χ1n) is 12.6. The molecule has 14 nitrogen and oxygen atoms in total. The van der Waals surface area contributed by atoms with Gasteiger partial charge >= 0.3 is 12.2 Å². The molecule has 1 aliphatic rings. The summed E-state index contributed by atoms with van der Waals surface area (Å²) in [5, 5.41) is 10.1. The topological polar surface area (TPSA) is 168 Å². The first-order chi connectivity index (χ1) is 19.7. The number of carbonyl (C=O) groups is 4. The predicted octanol–water partition coefficient (Wildman–Crippen LogP) is 1.35. The minimum absolute atomic E-state index is 0.00322. The zero-order valence-corrected chi connectivity index (χ0v) is 22.2. The minimum atomic E-state index is -0.960. The van der Waals surface area contributed by atoms with Crippen molar-refractivity contribution in [2.75, 3.05) is 49.5 Å². The van der Waals surface area contributed by atoms with Crippen molar-refractivity contribution in [3.8, 4) is 0 Å². The molecule has 0 spiro atoms. The average molecular weight is 575 g/mol. The van der Waals surface area contributed by atoms with Crippen molar-refractivity contribution in [2.24, 2.45) is 0 Å². The predicted molar refractivity (Wildman–Crippen MR) is 141 cm³/mol. The molecule has 1 saturated heterocycles. The molecule has 1 fully saturated rings. The Kier molecular flexibility index (Phi) is 9.11. The first kappa shape index (κ1) is 29.0. The van der Waals surface area contributed by atoms with Crippen LogP contribution in [0.1, 0.15) is 23.1 Å². The third kappa shape index (κ3) is 6.95. The van der Waals surface area contributed by atoms with Crippen molar-refractivity contribution in [3.05, 3.63) is 53.7 Å². The number of hydrogen-bond acceptors (Lipinski definition) is 9. The van der Waals surface area contributed by atoms with Gasteiger partial charge in [-0.05, 0) is 13.8 Å². The average Bonchev–Trinajstić information content (AvgIpc) is 3.48. The Balaban J connectivity index is 1.23. The number of amides is 4. The Bertz CT molecular complexity index is 1440. The van der Waals surface area contributed by atoms with Crippen molar-refractivity contribution < 1.29 is 37.4 Å². The molecule has 3 aromatic rings. The summed E-state index contributed by atoms with van der Waals surface area (Å²) in [7, 11) is 0. The monoisotopic (exact) mass is 574 g/mol. The maximum atomic E-state index is 14.7. The zero-order valence-electron chi connectivity index (χ0n) is 22.2. The number of cyclic esters (lactones) is 1. The van der Waals surface area contributed by atoms with E-state index < -0.39 is 47.4 Å². The fourth-order valence-corrected chi connectivity index (χ4v) is 4.10. The maximum absolute atomic E-state index is 14.7. The number of aromatic nitrogens is 3. The lowest BCUT2D eigenvalue weighted by molar-refractivity contribution is -0.120. The van der Waals surface area contributed by atoms with Crippen molar-refractivity contribution >= 4 is 41.0 Å². The third-order valence-electron chi connectivity index (χ3n) is 5.94. The summed E-state index contributed by atoms with van der Waals surface area (Å²) in [6, 6.07) is 1.94. The van der Waals surface area contributed by atoms with Crippen molar-refractivity contribution in [1.29, 1.82) is 0 Å². The molecule has 0 aliphatic carbocycles. The molecule has 4 rings (SSSR count). The van der Waals surface area contributed by atoms with Gasteiger partial charge in [0.25, 0.3) is 5.91 Å². The van der Waals surface area contributed by atoms with Crippen molar-refractivity contribution in [3.63, 3.8) is 0 Å². The lowest BCUT2D eigenvalue weighted by atomic mass is 10.2. The summed E-state index contributed by atoms with van der Waals surface area (Å²) < 4.78 is 40.8. The third-order valence-corrected chi connectivity index (χ3v) is 5.94. The van der Waals surface area contributed by atoms with E-state index in [9.17, 15) is 28.0 Å². The normalized spacial score (nSPS) is 14.5. The van der Waals surface area contributed by atoms with E-state index in [-0.39, 0.29) is 50.7 Å². The minimum Gasteiger partial charge on any atom is -0.450 e. The SMILES string of the molecule is CCOC(=O)NC[C@H]1CN(c2cc(F)c(NCCNC(=O)CNC(=O)c3c(C)nc4cnccn34)c(F)c2)C(=O)O1. The molecular formula is C25H28F2N8O6. The van der Waals surface area contributed by atoms with Gasteiger partial charge in [-0.1, -0.05) is 0 Å². The number of ether oxygens (including phenoxy) is 2. The van der Waals surface area contributed by atoms with Gasteiger partial charge in [0.15, 0.2) is 17.3 Å². The van der Waals surface area contributed by atoms with E-state index in [1.54, 1.807) is 24.4 Å². The van der Waals surface area contributed by atoms with Crippen LogP contribution in [-0.2, 0) is 14.3 Å². The number of rotatable bonds is 11. The highest BCUT2D eigenvalue weighted by Gasteiger charge is 2.33. The van der Waals surface area contributed by atoms with E-state index in [4.69, 9.17) is 9.47 Å². The molecule has 4 N–H and O–H groups in total. The van der Waals surface area contributed by atoms with E-state index in [1.165, 1.54) is 12.4 Å². The highest BCUT2D eigenvalue weighted by atomic mass is 19.1. The quantitative estimate of drug-likeness (QED) is 0.247. The molecule has 1 aliphatic heterocycles. The van der Waals surface area contributed by atoms with Crippen LogP contribution >= 0.6 is 0 Å². The van der Waals surface area contributed by atoms with E-state index in [0.29, 0.717) is 11.3 Å². The Labute approximate surface area is 232 Å². The lowest BCUT2D eigenvalue weighted by Crippen LogP contribution is -2.39. The van der Waals surface area contributed by atoms with E-state index in [1.807, 2.05) is 0 Å². The van der Waals surface area contributed by atoms with Gasteiger partial charge in [-0.15, -0.1) is 0 Å². The van der Waals surface area contributed by atoms with Crippen LogP contribution in [-0.4, -0.2) is 83.8 Å². The summed E-state index contributed by atoms with van der Waals surface area (Å²) in [6.45, 7) is 3.07. The second-order valence-electron chi connectivity index (χ2n) is 8.81. The van der Waals surface area contributed by atoms with Gasteiger partial charge in [0, 0.05) is 37.6 Å². The number of imidazole rings is 1. The Hall–Kier alpha value is -5.02. The molecule has 3 heterocycles. The molecule has 4 amide bonds. The van der Waals surface area contributed by atoms with E-state index in [0.717, 1.165) is 17.0 Å². The van der Waals surface area contributed by atoms with Crippen molar-refractivity contribution in [2.45, 2.75) is 20.0 Å². The van der Waals surface area contributed by atoms with Crippen LogP contribution < -0.4 is 26.2 Å². The summed E-state index contributed by atoms with van der Waals surface area (Å²) in [5.41, 5.74) is 0.740.